The van der Waals surface area contributed by atoms with Gasteiger partial charge < -0.3 is 18.6 Å². The molecule has 0 aliphatic heterocycles. The molecule has 4 aromatic rings. The fraction of sp³-hybridized carbons (Fsp3) is 0.174. The van der Waals surface area contributed by atoms with E-state index in [1.807, 2.05) is 57.7 Å². The Morgan fingerprint density at radius 1 is 0.903 bits per heavy atom. The summed E-state index contributed by atoms with van der Waals surface area (Å²) in [5.74, 6) is 1.51. The van der Waals surface area contributed by atoms with E-state index in [4.69, 9.17) is 14.9 Å². The second kappa shape index (κ2) is 8.74. The molecule has 0 saturated carbocycles. The number of para-hydroxylation sites is 2. The molecule has 1 heterocycles. The number of nitrogens with one attached hydrogen (secondary N) is 1. The molecule has 0 radical (unpaired) electrons. The van der Waals surface area contributed by atoms with Crippen LogP contribution in [0.1, 0.15) is 5.56 Å². The molecule has 0 aliphatic rings. The van der Waals surface area contributed by atoms with Crippen molar-refractivity contribution in [1.29, 1.82) is 5.41 Å². The van der Waals surface area contributed by atoms with Gasteiger partial charge in [-0.05, 0) is 42.0 Å². The summed E-state index contributed by atoms with van der Waals surface area (Å²) in [5.41, 5.74) is 3.15. The Labute approximate surface area is 178 Å². The second-order valence-electron chi connectivity index (χ2n) is 7.00. The molecule has 0 spiro atoms. The van der Waals surface area contributed by atoms with Crippen LogP contribution < -0.4 is 15.1 Å². The monoisotopic (exact) mass is 418 g/mol. The number of fused-ring (bicyclic) bond motifs is 1. The van der Waals surface area contributed by atoms with E-state index >= 15 is 0 Å². The largest absolute Gasteiger partial charge is 0.497 e. The number of hydrogen-bond donors (Lipinski definition) is 1. The van der Waals surface area contributed by atoms with Crippen molar-refractivity contribution in [2.45, 2.75) is 13.1 Å². The van der Waals surface area contributed by atoms with Gasteiger partial charge in [-0.2, -0.15) is 0 Å². The molecule has 0 amide bonds. The zero-order valence-corrected chi connectivity index (χ0v) is 17.0. The molecule has 8 heteroatoms. The van der Waals surface area contributed by atoms with Gasteiger partial charge in [0.25, 0.3) is 5.69 Å². The maximum absolute atomic E-state index is 10.9. The van der Waals surface area contributed by atoms with Crippen molar-refractivity contribution >= 4 is 16.7 Å². The number of imidazole rings is 1. The van der Waals surface area contributed by atoms with Gasteiger partial charge in [-0.25, -0.2) is 0 Å². The number of benzene rings is 3. The van der Waals surface area contributed by atoms with Gasteiger partial charge in [0.05, 0.1) is 36.2 Å². The summed E-state index contributed by atoms with van der Waals surface area (Å²) < 4.78 is 14.8. The van der Waals surface area contributed by atoms with Gasteiger partial charge in [0, 0.05) is 12.1 Å². The number of non-ortho nitro benzene ring substituents is 1. The predicted molar refractivity (Wildman–Crippen MR) is 116 cm³/mol. The Morgan fingerprint density at radius 3 is 2.13 bits per heavy atom. The van der Waals surface area contributed by atoms with E-state index in [9.17, 15) is 10.1 Å². The van der Waals surface area contributed by atoms with E-state index < -0.39 is 4.92 Å². The van der Waals surface area contributed by atoms with Crippen molar-refractivity contribution in [2.24, 2.45) is 0 Å². The van der Waals surface area contributed by atoms with Crippen molar-refractivity contribution in [2.75, 3.05) is 13.7 Å². The number of nitro groups is 1. The van der Waals surface area contributed by atoms with Gasteiger partial charge in [0.15, 0.2) is 0 Å². The van der Waals surface area contributed by atoms with Crippen LogP contribution in [0.25, 0.3) is 11.0 Å². The van der Waals surface area contributed by atoms with Crippen LogP contribution >= 0.6 is 0 Å². The van der Waals surface area contributed by atoms with E-state index in [0.717, 1.165) is 28.1 Å². The number of aromatic nitrogens is 2. The molecule has 3 aromatic carbocycles. The molecule has 4 rings (SSSR count). The lowest BCUT2D eigenvalue weighted by molar-refractivity contribution is -0.384. The van der Waals surface area contributed by atoms with Gasteiger partial charge >= 0.3 is 0 Å². The lowest BCUT2D eigenvalue weighted by atomic mass is 10.2. The van der Waals surface area contributed by atoms with Crippen molar-refractivity contribution in [3.63, 3.8) is 0 Å². The first-order chi connectivity index (χ1) is 15.1. The number of nitrogens with zero attached hydrogens (tertiary/aromatic N) is 3. The summed E-state index contributed by atoms with van der Waals surface area (Å²) in [6, 6.07) is 21.6. The van der Waals surface area contributed by atoms with E-state index in [-0.39, 0.29) is 5.69 Å². The second-order valence-corrected chi connectivity index (χ2v) is 7.00. The topological polar surface area (TPSA) is 95.3 Å². The van der Waals surface area contributed by atoms with E-state index in [0.29, 0.717) is 25.3 Å². The zero-order valence-electron chi connectivity index (χ0n) is 17.0. The third-order valence-corrected chi connectivity index (χ3v) is 5.11. The van der Waals surface area contributed by atoms with Crippen LogP contribution in [-0.4, -0.2) is 27.8 Å². The molecule has 0 aliphatic carbocycles. The van der Waals surface area contributed by atoms with Crippen LogP contribution in [0.4, 0.5) is 5.69 Å². The van der Waals surface area contributed by atoms with Crippen molar-refractivity contribution in [1.82, 2.24) is 9.13 Å². The Morgan fingerprint density at radius 2 is 1.52 bits per heavy atom. The van der Waals surface area contributed by atoms with Gasteiger partial charge in [-0.3, -0.25) is 15.5 Å². The van der Waals surface area contributed by atoms with Crippen molar-refractivity contribution in [3.8, 4) is 11.5 Å². The molecule has 0 fully saturated rings. The van der Waals surface area contributed by atoms with Crippen LogP contribution in [0.3, 0.4) is 0 Å². The highest BCUT2D eigenvalue weighted by Crippen LogP contribution is 2.19. The minimum absolute atomic E-state index is 0.0537. The minimum Gasteiger partial charge on any atom is -0.497 e. The molecule has 8 nitrogen and oxygen atoms in total. The molecule has 1 N–H and O–H groups in total. The summed E-state index contributed by atoms with van der Waals surface area (Å²) in [7, 11) is 1.62. The van der Waals surface area contributed by atoms with Crippen molar-refractivity contribution < 1.29 is 14.4 Å². The highest BCUT2D eigenvalue weighted by Gasteiger charge is 2.12. The van der Waals surface area contributed by atoms with E-state index in [1.54, 1.807) is 19.2 Å². The normalized spacial score (nSPS) is 10.9. The lowest BCUT2D eigenvalue weighted by Crippen LogP contribution is -2.27. The molecule has 0 bridgehead atoms. The average Bonchev–Trinajstić information content (AvgIpc) is 3.06. The third kappa shape index (κ3) is 4.28. The number of hydrogen-bond acceptors (Lipinski definition) is 5. The smallest absolute Gasteiger partial charge is 0.269 e. The molecule has 1 aromatic heterocycles. The number of ether oxygens (including phenoxy) is 2. The minimum atomic E-state index is -0.415. The highest BCUT2D eigenvalue weighted by atomic mass is 16.6. The fourth-order valence-corrected chi connectivity index (χ4v) is 3.51. The van der Waals surface area contributed by atoms with Gasteiger partial charge in [0.1, 0.15) is 18.1 Å². The maximum Gasteiger partial charge on any atom is 0.269 e. The number of methoxy groups -OCH3 is 1. The van der Waals surface area contributed by atoms with Gasteiger partial charge in [-0.1, -0.05) is 24.3 Å². The summed E-state index contributed by atoms with van der Waals surface area (Å²) in [6.45, 7) is 1.37. The SMILES string of the molecule is COc1ccc(OCCn2c(=N)n(Cc3ccc([N+](=O)[O-])cc3)c3ccccc32)cc1. The summed E-state index contributed by atoms with van der Waals surface area (Å²) in [5, 5.41) is 19.6. The maximum atomic E-state index is 10.9. The molecule has 0 unspecified atom stereocenters. The first-order valence-electron chi connectivity index (χ1n) is 9.79. The number of nitro benzene ring substituents is 1. The first kappa shape index (κ1) is 20.2. The molecule has 0 atom stereocenters. The van der Waals surface area contributed by atoms with Gasteiger partial charge in [-0.15, -0.1) is 0 Å². The predicted octanol–water partition coefficient (Wildman–Crippen LogP) is 3.97. The average molecular weight is 418 g/mol. The highest BCUT2D eigenvalue weighted by molar-refractivity contribution is 5.76. The molecular formula is C23H22N4O4. The van der Waals surface area contributed by atoms with Crippen molar-refractivity contribution in [3.05, 3.63) is 94.1 Å². The standard InChI is InChI=1S/C23H22N4O4/c1-30-19-10-12-20(13-11-19)31-15-14-25-21-4-2-3-5-22(21)26(23(25)24)16-17-6-8-18(9-7-17)27(28)29/h2-13,24H,14-16H2,1H3. The molecule has 0 saturated heterocycles. The first-order valence-corrected chi connectivity index (χ1v) is 9.79. The Kier molecular flexibility index (Phi) is 5.70. The van der Waals surface area contributed by atoms with E-state index in [1.165, 1.54) is 12.1 Å². The van der Waals surface area contributed by atoms with E-state index in [2.05, 4.69) is 0 Å². The summed E-state index contributed by atoms with van der Waals surface area (Å²) in [6.07, 6.45) is 0. The van der Waals surface area contributed by atoms with Crippen LogP contribution in [-0.2, 0) is 13.1 Å². The fourth-order valence-electron chi connectivity index (χ4n) is 3.51. The lowest BCUT2D eigenvalue weighted by Gasteiger charge is -2.08. The van der Waals surface area contributed by atoms with Crippen LogP contribution in [0, 0.1) is 15.5 Å². The third-order valence-electron chi connectivity index (χ3n) is 5.11. The Balaban J connectivity index is 1.56. The Hall–Kier alpha value is -4.07. The number of rotatable bonds is 8. The van der Waals surface area contributed by atoms with Crippen LogP contribution in [0.2, 0.25) is 0 Å². The van der Waals surface area contributed by atoms with Gasteiger partial charge in [0.2, 0.25) is 5.62 Å². The molecule has 158 valence electrons. The van der Waals surface area contributed by atoms with Crippen LogP contribution in [0.5, 0.6) is 11.5 Å². The zero-order chi connectivity index (χ0) is 21.8. The van der Waals surface area contributed by atoms with Crippen LogP contribution in [0.15, 0.2) is 72.8 Å². The molecule has 31 heavy (non-hydrogen) atoms. The summed E-state index contributed by atoms with van der Waals surface area (Å²) >= 11 is 0. The summed E-state index contributed by atoms with van der Waals surface area (Å²) in [4.78, 5) is 10.5. The quantitative estimate of drug-likeness (QED) is 0.346. The molecular weight excluding hydrogens is 396 g/mol. The Bertz CT molecular complexity index is 1260.